The molecule has 24 heavy (non-hydrogen) atoms. The molecule has 6 nitrogen and oxygen atoms in total. The van der Waals surface area contributed by atoms with E-state index in [1.165, 1.54) is 0 Å². The Labute approximate surface area is 148 Å². The van der Waals surface area contributed by atoms with Gasteiger partial charge < -0.3 is 10.4 Å². The lowest BCUT2D eigenvalue weighted by Crippen LogP contribution is -2.22. The maximum absolute atomic E-state index is 9.34. The molecule has 1 unspecified atom stereocenters. The number of nitrogens with zero attached hydrogens (tertiary/aromatic N) is 3. The first-order valence-electron chi connectivity index (χ1n) is 7.69. The fourth-order valence-electron chi connectivity index (χ4n) is 2.56. The highest BCUT2D eigenvalue weighted by atomic mass is 79.9. The number of H-pyrrole nitrogens is 1. The molecular weight excluding hydrogens is 370 g/mol. The van der Waals surface area contributed by atoms with Crippen molar-refractivity contribution in [1.82, 2.24) is 25.9 Å². The average Bonchev–Trinajstić information content (AvgIpc) is 3.14. The second-order valence-electron chi connectivity index (χ2n) is 5.43. The third kappa shape index (κ3) is 4.25. The van der Waals surface area contributed by atoms with E-state index in [-0.39, 0.29) is 12.6 Å². The molecule has 0 saturated heterocycles. The summed E-state index contributed by atoms with van der Waals surface area (Å²) in [4.78, 5) is 0. The Morgan fingerprint density at radius 1 is 1.17 bits per heavy atom. The zero-order valence-electron chi connectivity index (χ0n) is 13.0. The Hall–Kier alpha value is -2.09. The fourth-order valence-corrected chi connectivity index (χ4v) is 2.82. The van der Waals surface area contributed by atoms with Crippen LogP contribution in [0.25, 0.3) is 11.4 Å². The highest BCUT2D eigenvalue weighted by Crippen LogP contribution is 2.21. The molecule has 1 heterocycles. The molecular formula is C17H18BrN5O. The van der Waals surface area contributed by atoms with E-state index in [1.54, 1.807) is 0 Å². The quantitative estimate of drug-likeness (QED) is 0.580. The number of tetrazole rings is 1. The van der Waals surface area contributed by atoms with Gasteiger partial charge in [-0.1, -0.05) is 46.3 Å². The van der Waals surface area contributed by atoms with E-state index in [0.717, 1.165) is 21.2 Å². The van der Waals surface area contributed by atoms with Crippen molar-refractivity contribution in [2.45, 2.75) is 19.0 Å². The Balaban J connectivity index is 1.70. The maximum Gasteiger partial charge on any atom is 0.204 e. The van der Waals surface area contributed by atoms with Crippen LogP contribution in [0.1, 0.15) is 23.6 Å². The van der Waals surface area contributed by atoms with Gasteiger partial charge in [0.05, 0.1) is 0 Å². The normalized spacial score (nSPS) is 12.2. The summed E-state index contributed by atoms with van der Waals surface area (Å²) in [5.41, 5.74) is 3.20. The maximum atomic E-state index is 9.34. The summed E-state index contributed by atoms with van der Waals surface area (Å²) in [6, 6.07) is 16.3. The molecule has 0 aliphatic rings. The van der Waals surface area contributed by atoms with Gasteiger partial charge in [0.2, 0.25) is 5.82 Å². The van der Waals surface area contributed by atoms with Crippen LogP contribution in [-0.4, -0.2) is 32.3 Å². The molecule has 0 radical (unpaired) electrons. The van der Waals surface area contributed by atoms with Crippen molar-refractivity contribution in [3.8, 4) is 11.4 Å². The van der Waals surface area contributed by atoms with Gasteiger partial charge in [-0.15, -0.1) is 10.2 Å². The van der Waals surface area contributed by atoms with Crippen LogP contribution in [0.2, 0.25) is 0 Å². The number of benzene rings is 2. The van der Waals surface area contributed by atoms with Crippen LogP contribution in [0, 0.1) is 0 Å². The molecule has 3 N–H and O–H groups in total. The molecule has 0 saturated carbocycles. The molecule has 1 aromatic heterocycles. The van der Waals surface area contributed by atoms with Crippen LogP contribution < -0.4 is 5.32 Å². The Kier molecular flexibility index (Phi) is 5.68. The van der Waals surface area contributed by atoms with Gasteiger partial charge in [-0.2, -0.15) is 5.21 Å². The molecule has 0 spiro atoms. The zero-order valence-corrected chi connectivity index (χ0v) is 14.6. The molecule has 0 amide bonds. The summed E-state index contributed by atoms with van der Waals surface area (Å²) >= 11 is 3.45. The van der Waals surface area contributed by atoms with Crippen LogP contribution in [0.15, 0.2) is 53.0 Å². The van der Waals surface area contributed by atoms with Gasteiger partial charge >= 0.3 is 0 Å². The van der Waals surface area contributed by atoms with Gasteiger partial charge in [0, 0.05) is 29.2 Å². The van der Waals surface area contributed by atoms with Crippen molar-refractivity contribution < 1.29 is 5.11 Å². The van der Waals surface area contributed by atoms with E-state index in [0.29, 0.717) is 18.8 Å². The number of hydrogen-bond donors (Lipinski definition) is 3. The molecule has 0 aliphatic heterocycles. The number of halogens is 1. The summed E-state index contributed by atoms with van der Waals surface area (Å²) in [6.07, 6.45) is 0.659. The molecule has 124 valence electrons. The predicted molar refractivity (Wildman–Crippen MR) is 95.0 cm³/mol. The van der Waals surface area contributed by atoms with Crippen LogP contribution >= 0.6 is 15.9 Å². The highest BCUT2D eigenvalue weighted by molar-refractivity contribution is 9.10. The van der Waals surface area contributed by atoms with Crippen LogP contribution in [0.5, 0.6) is 0 Å². The first kappa shape index (κ1) is 16.8. The fraction of sp³-hybridized carbons (Fsp3) is 0.235. The van der Waals surface area contributed by atoms with Crippen LogP contribution in [0.3, 0.4) is 0 Å². The lowest BCUT2D eigenvalue weighted by atomic mass is 10.0. The van der Waals surface area contributed by atoms with Gasteiger partial charge in [-0.3, -0.25) is 0 Å². The topological polar surface area (TPSA) is 86.7 Å². The average molecular weight is 388 g/mol. The number of aliphatic hydroxyl groups is 1. The summed E-state index contributed by atoms with van der Waals surface area (Å²) < 4.78 is 1.04. The molecule has 7 heteroatoms. The number of nitrogens with one attached hydrogen (secondary N) is 2. The highest BCUT2D eigenvalue weighted by Gasteiger charge is 2.11. The molecule has 1 atom stereocenters. The van der Waals surface area contributed by atoms with Crippen molar-refractivity contribution in [2.24, 2.45) is 0 Å². The Bertz CT molecular complexity index is 761. The lowest BCUT2D eigenvalue weighted by molar-refractivity contribution is 0.265. The summed E-state index contributed by atoms with van der Waals surface area (Å²) in [6.45, 7) is 0.822. The van der Waals surface area contributed by atoms with E-state index in [2.05, 4.69) is 54.0 Å². The van der Waals surface area contributed by atoms with Gasteiger partial charge in [-0.05, 0) is 41.0 Å². The Morgan fingerprint density at radius 2 is 2.00 bits per heavy atom. The SMILES string of the molecule is OCCC(NCc1cccc(-c2nn[nH]n2)c1)c1ccc(Br)cc1. The van der Waals surface area contributed by atoms with Gasteiger partial charge in [0.1, 0.15) is 0 Å². The van der Waals surface area contributed by atoms with Gasteiger partial charge in [0.25, 0.3) is 0 Å². The van der Waals surface area contributed by atoms with Crippen molar-refractivity contribution >= 4 is 15.9 Å². The summed E-state index contributed by atoms with van der Waals surface area (Å²) in [5.74, 6) is 0.580. The smallest absolute Gasteiger partial charge is 0.204 e. The number of aliphatic hydroxyl groups excluding tert-OH is 1. The van der Waals surface area contributed by atoms with Crippen molar-refractivity contribution in [3.05, 3.63) is 64.1 Å². The molecule has 3 aromatic rings. The largest absolute Gasteiger partial charge is 0.396 e. The molecule has 0 fully saturated rings. The van der Waals surface area contributed by atoms with Crippen molar-refractivity contribution in [3.63, 3.8) is 0 Å². The second kappa shape index (κ2) is 8.14. The van der Waals surface area contributed by atoms with Crippen LogP contribution in [-0.2, 0) is 6.54 Å². The molecule has 0 bridgehead atoms. The number of aromatic nitrogens is 4. The van der Waals surface area contributed by atoms with Gasteiger partial charge in [-0.25, -0.2) is 0 Å². The summed E-state index contributed by atoms with van der Waals surface area (Å²) in [5, 5.41) is 26.9. The lowest BCUT2D eigenvalue weighted by Gasteiger charge is -2.18. The van der Waals surface area contributed by atoms with E-state index < -0.39 is 0 Å². The minimum Gasteiger partial charge on any atom is -0.396 e. The molecule has 2 aromatic carbocycles. The molecule has 3 rings (SSSR count). The van der Waals surface area contributed by atoms with Crippen molar-refractivity contribution in [1.29, 1.82) is 0 Å². The first-order valence-corrected chi connectivity index (χ1v) is 8.48. The minimum absolute atomic E-state index is 0.0944. The van der Waals surface area contributed by atoms with E-state index in [9.17, 15) is 5.11 Å². The van der Waals surface area contributed by atoms with Gasteiger partial charge in [0.15, 0.2) is 0 Å². The number of rotatable bonds is 7. The molecule has 0 aliphatic carbocycles. The van der Waals surface area contributed by atoms with E-state index in [1.807, 2.05) is 36.4 Å². The first-order chi connectivity index (χ1) is 11.8. The number of aromatic amines is 1. The standard InChI is InChI=1S/C17H18BrN5O/c18-15-6-4-13(5-7-15)16(8-9-24)19-11-12-2-1-3-14(10-12)17-20-22-23-21-17/h1-7,10,16,19,24H,8-9,11H2,(H,20,21,22,23). The van der Waals surface area contributed by atoms with E-state index in [4.69, 9.17) is 0 Å². The van der Waals surface area contributed by atoms with E-state index >= 15 is 0 Å². The number of hydrogen-bond acceptors (Lipinski definition) is 5. The zero-order chi connectivity index (χ0) is 16.8. The second-order valence-corrected chi connectivity index (χ2v) is 6.35. The third-order valence-corrected chi connectivity index (χ3v) is 4.30. The predicted octanol–water partition coefficient (Wildman–Crippen LogP) is 2.84. The minimum atomic E-state index is 0.0944. The monoisotopic (exact) mass is 387 g/mol. The summed E-state index contributed by atoms with van der Waals surface area (Å²) in [7, 11) is 0. The third-order valence-electron chi connectivity index (χ3n) is 3.77. The van der Waals surface area contributed by atoms with Crippen molar-refractivity contribution in [2.75, 3.05) is 6.61 Å². The van der Waals surface area contributed by atoms with Crippen LogP contribution in [0.4, 0.5) is 0 Å². The Morgan fingerprint density at radius 3 is 2.71 bits per heavy atom.